The average molecular weight is 604 g/mol. The molecule has 2 aromatic heterocycles. The summed E-state index contributed by atoms with van der Waals surface area (Å²) in [7, 11) is 4.61. The normalized spacial score (nSPS) is 13.4. The molecule has 1 aliphatic carbocycles. The molecule has 234 valence electrons. The van der Waals surface area contributed by atoms with Gasteiger partial charge in [-0.2, -0.15) is 0 Å². The number of fused-ring (bicyclic) bond motifs is 1. The number of hydrogen-bond acceptors (Lipinski definition) is 7. The minimum atomic E-state index is -0.441. The Hall–Kier alpha value is -4.54. The van der Waals surface area contributed by atoms with Crippen molar-refractivity contribution in [1.29, 1.82) is 0 Å². The van der Waals surface area contributed by atoms with Crippen molar-refractivity contribution >= 4 is 17.1 Å². The van der Waals surface area contributed by atoms with E-state index in [0.29, 0.717) is 41.4 Å². The Morgan fingerprint density at radius 1 is 0.909 bits per heavy atom. The Bertz CT molecular complexity index is 1710. The zero-order chi connectivity index (χ0) is 31.2. The Morgan fingerprint density at radius 3 is 2.20 bits per heavy atom. The summed E-state index contributed by atoms with van der Waals surface area (Å²) in [6.45, 7) is 3.02. The van der Waals surface area contributed by atoms with Gasteiger partial charge in [0, 0.05) is 38.5 Å². The smallest absolute Gasteiger partial charge is 0.332 e. The van der Waals surface area contributed by atoms with Gasteiger partial charge < -0.3 is 24.1 Å². The van der Waals surface area contributed by atoms with Gasteiger partial charge >= 0.3 is 5.69 Å². The number of ether oxygens (including phenoxy) is 3. The molecule has 2 heterocycles. The number of nitrogens with one attached hydrogen (secondary N) is 1. The third kappa shape index (κ3) is 6.22. The number of hydrogen-bond donors (Lipinski definition) is 1. The molecule has 0 unspecified atom stereocenters. The number of methoxy groups -OCH3 is 3. The summed E-state index contributed by atoms with van der Waals surface area (Å²) < 4.78 is 21.0. The molecule has 0 aliphatic heterocycles. The van der Waals surface area contributed by atoms with Crippen LogP contribution in [0.5, 0.6) is 17.2 Å². The highest BCUT2D eigenvalue weighted by Crippen LogP contribution is 2.38. The molecule has 1 aliphatic rings. The lowest BCUT2D eigenvalue weighted by Gasteiger charge is -2.15. The number of imidazole rings is 1. The van der Waals surface area contributed by atoms with E-state index in [0.717, 1.165) is 42.6 Å². The van der Waals surface area contributed by atoms with Crippen LogP contribution in [-0.2, 0) is 31.0 Å². The second-order valence-corrected chi connectivity index (χ2v) is 11.1. The number of amides is 1. The van der Waals surface area contributed by atoms with E-state index in [4.69, 9.17) is 19.2 Å². The summed E-state index contributed by atoms with van der Waals surface area (Å²) in [6.07, 6.45) is 4.87. The van der Waals surface area contributed by atoms with Crippen LogP contribution in [0.4, 0.5) is 0 Å². The van der Waals surface area contributed by atoms with Gasteiger partial charge in [0.2, 0.25) is 11.7 Å². The zero-order valence-corrected chi connectivity index (χ0v) is 25.9. The maximum atomic E-state index is 13.9. The summed E-state index contributed by atoms with van der Waals surface area (Å²) in [4.78, 5) is 45.6. The molecule has 11 nitrogen and oxygen atoms in total. The third-order valence-electron chi connectivity index (χ3n) is 8.27. The molecule has 4 aromatic rings. The van der Waals surface area contributed by atoms with Crippen LogP contribution in [0.15, 0.2) is 52.1 Å². The molecule has 1 fully saturated rings. The number of aromatic nitrogens is 4. The number of benzene rings is 2. The lowest BCUT2D eigenvalue weighted by atomic mass is 10.1. The molecule has 1 amide bonds. The maximum absolute atomic E-state index is 13.9. The molecule has 11 heteroatoms. The average Bonchev–Trinajstić information content (AvgIpc) is 3.70. The fourth-order valence-corrected chi connectivity index (χ4v) is 6.09. The Kier molecular flexibility index (Phi) is 9.72. The zero-order valence-electron chi connectivity index (χ0n) is 25.9. The second-order valence-electron chi connectivity index (χ2n) is 11.1. The van der Waals surface area contributed by atoms with Crippen LogP contribution < -0.4 is 30.8 Å². The molecular weight excluding hydrogens is 562 g/mol. The number of rotatable bonds is 13. The molecule has 0 saturated heterocycles. The first kappa shape index (κ1) is 30.9. The molecule has 0 spiro atoms. The molecule has 5 rings (SSSR count). The quantitative estimate of drug-likeness (QED) is 0.243. The van der Waals surface area contributed by atoms with Gasteiger partial charge in [-0.05, 0) is 42.5 Å². The van der Waals surface area contributed by atoms with E-state index in [9.17, 15) is 14.4 Å². The SMILES string of the molecule is CCCn1c(=O)c2c(nc(C3CCCC3)n2Cc2ccccc2)n(CCC(=O)NCc2cc(OC)c(OC)c(OC)c2)c1=O. The van der Waals surface area contributed by atoms with Crippen molar-refractivity contribution in [3.05, 3.63) is 80.3 Å². The van der Waals surface area contributed by atoms with Crippen LogP contribution in [0.25, 0.3) is 11.2 Å². The summed E-state index contributed by atoms with van der Waals surface area (Å²) in [6, 6.07) is 13.5. The first-order valence-corrected chi connectivity index (χ1v) is 15.2. The summed E-state index contributed by atoms with van der Waals surface area (Å²) in [5.74, 6) is 2.27. The van der Waals surface area contributed by atoms with E-state index in [1.807, 2.05) is 41.8 Å². The van der Waals surface area contributed by atoms with Crippen LogP contribution >= 0.6 is 0 Å². The fraction of sp³-hybridized carbons (Fsp3) is 0.455. The van der Waals surface area contributed by atoms with Crippen LogP contribution in [-0.4, -0.2) is 45.9 Å². The van der Waals surface area contributed by atoms with Gasteiger partial charge in [-0.15, -0.1) is 0 Å². The van der Waals surface area contributed by atoms with Crippen molar-refractivity contribution in [2.24, 2.45) is 0 Å². The minimum absolute atomic E-state index is 0.0358. The number of aryl methyl sites for hydroxylation is 1. The van der Waals surface area contributed by atoms with Crippen LogP contribution in [0.1, 0.15) is 68.3 Å². The second kappa shape index (κ2) is 13.8. The lowest BCUT2D eigenvalue weighted by Crippen LogP contribution is -2.41. The van der Waals surface area contributed by atoms with E-state index < -0.39 is 5.69 Å². The highest BCUT2D eigenvalue weighted by molar-refractivity contribution is 5.76. The molecule has 0 atom stereocenters. The molecule has 0 radical (unpaired) electrons. The Labute approximate surface area is 256 Å². The largest absolute Gasteiger partial charge is 0.493 e. The Morgan fingerprint density at radius 2 is 1.59 bits per heavy atom. The van der Waals surface area contributed by atoms with Crippen LogP contribution in [0.2, 0.25) is 0 Å². The van der Waals surface area contributed by atoms with Crippen molar-refractivity contribution in [2.75, 3.05) is 21.3 Å². The summed E-state index contributed by atoms with van der Waals surface area (Å²) in [5, 5.41) is 2.92. The topological polar surface area (TPSA) is 119 Å². The predicted molar refractivity (Wildman–Crippen MR) is 168 cm³/mol. The van der Waals surface area contributed by atoms with Gasteiger partial charge in [0.1, 0.15) is 5.82 Å². The van der Waals surface area contributed by atoms with Crippen molar-refractivity contribution in [3.63, 3.8) is 0 Å². The summed E-state index contributed by atoms with van der Waals surface area (Å²) in [5.41, 5.74) is 1.82. The first-order chi connectivity index (χ1) is 21.4. The minimum Gasteiger partial charge on any atom is -0.493 e. The molecule has 2 aromatic carbocycles. The van der Waals surface area contributed by atoms with E-state index in [1.54, 1.807) is 12.1 Å². The fourth-order valence-electron chi connectivity index (χ4n) is 6.09. The van der Waals surface area contributed by atoms with Gasteiger partial charge in [-0.3, -0.25) is 18.7 Å². The number of carbonyl (C=O) groups excluding carboxylic acids is 1. The van der Waals surface area contributed by atoms with Crippen LogP contribution in [0.3, 0.4) is 0 Å². The van der Waals surface area contributed by atoms with Crippen molar-refractivity contribution < 1.29 is 19.0 Å². The van der Waals surface area contributed by atoms with Crippen LogP contribution in [0, 0.1) is 0 Å². The Balaban J connectivity index is 1.47. The molecule has 1 N–H and O–H groups in total. The lowest BCUT2D eigenvalue weighted by molar-refractivity contribution is -0.121. The van der Waals surface area contributed by atoms with Gasteiger partial charge in [0.05, 0.1) is 21.3 Å². The highest BCUT2D eigenvalue weighted by atomic mass is 16.5. The third-order valence-corrected chi connectivity index (χ3v) is 8.27. The van der Waals surface area contributed by atoms with Crippen molar-refractivity contribution in [2.45, 2.75) is 77.5 Å². The molecular formula is C33H41N5O6. The van der Waals surface area contributed by atoms with Crippen molar-refractivity contribution in [3.8, 4) is 17.2 Å². The first-order valence-electron chi connectivity index (χ1n) is 15.2. The van der Waals surface area contributed by atoms with Gasteiger partial charge in [0.15, 0.2) is 22.7 Å². The van der Waals surface area contributed by atoms with E-state index in [2.05, 4.69) is 5.32 Å². The number of nitrogens with zero attached hydrogens (tertiary/aromatic N) is 4. The standard InChI is InChI=1S/C33H41N5O6/c1-5-16-37-32(40)28-31(35-30(24-13-9-10-14-24)38(28)21-22-11-7-6-8-12-22)36(33(37)41)17-15-27(39)34-20-23-18-25(42-2)29(44-4)26(19-23)43-3/h6-8,11-12,18-19,24H,5,9-10,13-17,20-21H2,1-4H3,(H,34,39). The van der Waals surface area contributed by atoms with Gasteiger partial charge in [-0.1, -0.05) is 50.1 Å². The maximum Gasteiger partial charge on any atom is 0.332 e. The molecule has 1 saturated carbocycles. The van der Waals surface area contributed by atoms with Gasteiger partial charge in [0.25, 0.3) is 5.56 Å². The summed E-state index contributed by atoms with van der Waals surface area (Å²) >= 11 is 0. The number of carbonyl (C=O) groups is 1. The van der Waals surface area contributed by atoms with E-state index >= 15 is 0 Å². The van der Waals surface area contributed by atoms with Crippen molar-refractivity contribution in [1.82, 2.24) is 24.0 Å². The molecule has 44 heavy (non-hydrogen) atoms. The molecule has 0 bridgehead atoms. The van der Waals surface area contributed by atoms with E-state index in [1.165, 1.54) is 30.5 Å². The predicted octanol–water partition coefficient (Wildman–Crippen LogP) is 4.21. The highest BCUT2D eigenvalue weighted by Gasteiger charge is 2.28. The monoisotopic (exact) mass is 603 g/mol. The van der Waals surface area contributed by atoms with Gasteiger partial charge in [-0.25, -0.2) is 9.78 Å². The van der Waals surface area contributed by atoms with E-state index in [-0.39, 0.29) is 43.4 Å².